The van der Waals surface area contributed by atoms with E-state index >= 15 is 0 Å². The normalized spacial score (nSPS) is 23.2. The molecular weight excluding hydrogens is 335 g/mol. The molecule has 0 radical (unpaired) electrons. The van der Waals surface area contributed by atoms with Crippen molar-refractivity contribution in [2.75, 3.05) is 19.4 Å². The monoisotopic (exact) mass is 360 g/mol. The lowest BCUT2D eigenvalue weighted by Gasteiger charge is -2.37. The number of nitrogens with two attached hydrogens (primary N) is 2. The van der Waals surface area contributed by atoms with Crippen molar-refractivity contribution in [3.63, 3.8) is 0 Å². The van der Waals surface area contributed by atoms with Crippen LogP contribution in [0.25, 0.3) is 0 Å². The molecule has 3 rings (SSSR count). The minimum Gasteiger partial charge on any atom is -0.365 e. The van der Waals surface area contributed by atoms with Crippen LogP contribution in [0, 0.1) is 5.82 Å². The summed E-state index contributed by atoms with van der Waals surface area (Å²) in [7, 11) is 4.11. The van der Waals surface area contributed by atoms with Crippen molar-refractivity contribution in [1.29, 1.82) is 0 Å². The highest BCUT2D eigenvalue weighted by Gasteiger charge is 2.31. The molecular formula is C18H25FN6O. The van der Waals surface area contributed by atoms with Gasteiger partial charge in [-0.3, -0.25) is 9.48 Å². The van der Waals surface area contributed by atoms with Gasteiger partial charge in [-0.25, -0.2) is 4.39 Å². The Hall–Kier alpha value is -2.45. The molecule has 8 heteroatoms. The molecule has 140 valence electrons. The second kappa shape index (κ2) is 7.43. The molecule has 1 aromatic heterocycles. The van der Waals surface area contributed by atoms with Gasteiger partial charge in [0.25, 0.3) is 5.91 Å². The fourth-order valence-electron chi connectivity index (χ4n) is 3.47. The van der Waals surface area contributed by atoms with Crippen LogP contribution >= 0.6 is 0 Å². The first-order chi connectivity index (χ1) is 12.3. The summed E-state index contributed by atoms with van der Waals surface area (Å²) in [6, 6.07) is 6.22. The van der Waals surface area contributed by atoms with Gasteiger partial charge in [-0.1, -0.05) is 0 Å². The quantitative estimate of drug-likeness (QED) is 0.755. The first-order valence-electron chi connectivity index (χ1n) is 8.68. The van der Waals surface area contributed by atoms with Crippen LogP contribution in [0.15, 0.2) is 30.5 Å². The second-order valence-electron chi connectivity index (χ2n) is 7.03. The van der Waals surface area contributed by atoms with E-state index in [4.69, 9.17) is 11.5 Å². The molecule has 1 aromatic carbocycles. The molecule has 0 aliphatic heterocycles. The Kier molecular flexibility index (Phi) is 5.24. The number of nitrogens with one attached hydrogen (secondary N) is 1. The van der Waals surface area contributed by atoms with Crippen LogP contribution in [-0.2, 0) is 0 Å². The number of benzene rings is 1. The molecule has 26 heavy (non-hydrogen) atoms. The summed E-state index contributed by atoms with van der Waals surface area (Å²) in [4.78, 5) is 14.0. The average molecular weight is 360 g/mol. The summed E-state index contributed by atoms with van der Waals surface area (Å²) < 4.78 is 14.8. The molecule has 0 spiro atoms. The summed E-state index contributed by atoms with van der Waals surface area (Å²) in [5, 5.41) is 7.54. The van der Waals surface area contributed by atoms with Crippen molar-refractivity contribution < 1.29 is 9.18 Å². The fraction of sp³-hybridized carbons (Fsp3) is 0.444. The summed E-state index contributed by atoms with van der Waals surface area (Å²) in [5.41, 5.74) is 12.8. The van der Waals surface area contributed by atoms with Crippen molar-refractivity contribution in [3.05, 3.63) is 41.8 Å². The molecule has 0 saturated heterocycles. The summed E-state index contributed by atoms with van der Waals surface area (Å²) in [6.45, 7) is 0. The Morgan fingerprint density at radius 3 is 2.58 bits per heavy atom. The maximum Gasteiger partial charge on any atom is 0.254 e. The summed E-state index contributed by atoms with van der Waals surface area (Å²) in [5.74, 6) is -0.553. The molecule has 2 aromatic rings. The van der Waals surface area contributed by atoms with Crippen molar-refractivity contribution in [3.8, 4) is 0 Å². The number of halogens is 1. The molecule has 5 N–H and O–H groups in total. The van der Waals surface area contributed by atoms with E-state index in [0.717, 1.165) is 19.3 Å². The minimum absolute atomic E-state index is 0.00747. The first kappa shape index (κ1) is 18.3. The zero-order valence-electron chi connectivity index (χ0n) is 15.0. The van der Waals surface area contributed by atoms with E-state index in [0.29, 0.717) is 17.5 Å². The van der Waals surface area contributed by atoms with E-state index in [1.54, 1.807) is 23.0 Å². The zero-order valence-corrected chi connectivity index (χ0v) is 15.0. The van der Waals surface area contributed by atoms with Gasteiger partial charge in [0, 0.05) is 24.0 Å². The number of carbonyl (C=O) groups is 1. The predicted octanol–water partition coefficient (Wildman–Crippen LogP) is 1.85. The lowest BCUT2D eigenvalue weighted by molar-refractivity contribution is 0.100. The van der Waals surface area contributed by atoms with Gasteiger partial charge in [0.15, 0.2) is 5.82 Å². The number of nitrogens with zero attached hydrogens (tertiary/aromatic N) is 3. The van der Waals surface area contributed by atoms with E-state index in [9.17, 15) is 9.18 Å². The third kappa shape index (κ3) is 3.86. The summed E-state index contributed by atoms with van der Waals surface area (Å²) in [6.07, 6.45) is 4.40. The maximum atomic E-state index is 13.1. The van der Waals surface area contributed by atoms with E-state index in [-0.39, 0.29) is 23.5 Å². The number of anilines is 2. The Bertz CT molecular complexity index is 772. The minimum atomic E-state index is -0.573. The number of aromatic nitrogens is 2. The van der Waals surface area contributed by atoms with Gasteiger partial charge < -0.3 is 21.7 Å². The van der Waals surface area contributed by atoms with Gasteiger partial charge in [-0.15, -0.1) is 0 Å². The van der Waals surface area contributed by atoms with Gasteiger partial charge in [-0.2, -0.15) is 5.10 Å². The largest absolute Gasteiger partial charge is 0.365 e. The number of primary amides is 1. The molecule has 0 bridgehead atoms. The van der Waals surface area contributed by atoms with Crippen LogP contribution in [0.3, 0.4) is 0 Å². The highest BCUT2D eigenvalue weighted by atomic mass is 19.1. The smallest absolute Gasteiger partial charge is 0.254 e. The number of hydrogen-bond acceptors (Lipinski definition) is 5. The molecule has 0 unspecified atom stereocenters. The Balaban J connectivity index is 1.83. The van der Waals surface area contributed by atoms with Gasteiger partial charge >= 0.3 is 0 Å². The Morgan fingerprint density at radius 2 is 2.00 bits per heavy atom. The highest BCUT2D eigenvalue weighted by molar-refractivity contribution is 5.98. The fourth-order valence-corrected chi connectivity index (χ4v) is 3.47. The van der Waals surface area contributed by atoms with Crippen LogP contribution in [0.4, 0.5) is 15.9 Å². The molecule has 7 nitrogen and oxygen atoms in total. The predicted molar refractivity (Wildman–Crippen MR) is 98.8 cm³/mol. The van der Waals surface area contributed by atoms with Crippen molar-refractivity contribution in [2.24, 2.45) is 11.5 Å². The van der Waals surface area contributed by atoms with Crippen molar-refractivity contribution >= 4 is 17.4 Å². The molecule has 1 aliphatic carbocycles. The highest BCUT2D eigenvalue weighted by Crippen LogP contribution is 2.31. The van der Waals surface area contributed by atoms with Crippen LogP contribution in [0.2, 0.25) is 0 Å². The van der Waals surface area contributed by atoms with Gasteiger partial charge in [0.05, 0.1) is 6.04 Å². The van der Waals surface area contributed by atoms with E-state index in [1.807, 2.05) is 0 Å². The maximum absolute atomic E-state index is 13.1. The number of hydrogen-bond donors (Lipinski definition) is 3. The first-order valence-corrected chi connectivity index (χ1v) is 8.68. The molecule has 1 fully saturated rings. The SMILES string of the molecule is CN(C)[C@H]1CC[C@H](n2cc(C(N)=O)c(Nc3ccc(F)cc3)n2)[C@@H](N)C1. The second-order valence-corrected chi connectivity index (χ2v) is 7.03. The summed E-state index contributed by atoms with van der Waals surface area (Å²) >= 11 is 0. The lowest BCUT2D eigenvalue weighted by Crippen LogP contribution is -2.44. The standard InChI is InChI=1S/C18H25FN6O/c1-24(2)13-7-8-16(15(20)9-13)25-10-14(17(21)26)18(23-25)22-12-5-3-11(19)4-6-12/h3-6,10,13,15-16H,7-9,20H2,1-2H3,(H2,21,26)(H,22,23)/t13-,15-,16-/m0/s1. The number of amides is 1. The third-order valence-corrected chi connectivity index (χ3v) is 5.01. The lowest BCUT2D eigenvalue weighted by atomic mass is 9.87. The van der Waals surface area contributed by atoms with Crippen molar-refractivity contribution in [2.45, 2.75) is 37.4 Å². The molecule has 1 amide bonds. The van der Waals surface area contributed by atoms with E-state index in [1.165, 1.54) is 12.1 Å². The average Bonchev–Trinajstić information content (AvgIpc) is 3.00. The topological polar surface area (TPSA) is 102 Å². The van der Waals surface area contributed by atoms with E-state index < -0.39 is 5.91 Å². The number of rotatable bonds is 5. The van der Waals surface area contributed by atoms with E-state index in [2.05, 4.69) is 29.4 Å². The molecule has 1 saturated carbocycles. The third-order valence-electron chi connectivity index (χ3n) is 5.01. The number of carbonyl (C=O) groups excluding carboxylic acids is 1. The van der Waals surface area contributed by atoms with Crippen LogP contribution in [-0.4, -0.2) is 46.8 Å². The Labute approximate surface area is 152 Å². The van der Waals surface area contributed by atoms with Crippen LogP contribution in [0.5, 0.6) is 0 Å². The van der Waals surface area contributed by atoms with Gasteiger partial charge in [0.2, 0.25) is 0 Å². The van der Waals surface area contributed by atoms with Gasteiger partial charge in [0.1, 0.15) is 11.4 Å². The zero-order chi connectivity index (χ0) is 18.8. The Morgan fingerprint density at radius 1 is 1.31 bits per heavy atom. The van der Waals surface area contributed by atoms with Crippen LogP contribution < -0.4 is 16.8 Å². The molecule has 1 aliphatic rings. The van der Waals surface area contributed by atoms with Crippen molar-refractivity contribution in [1.82, 2.24) is 14.7 Å². The molecule has 3 atom stereocenters. The van der Waals surface area contributed by atoms with Crippen LogP contribution in [0.1, 0.15) is 35.7 Å². The molecule has 1 heterocycles. The van der Waals surface area contributed by atoms with Gasteiger partial charge in [-0.05, 0) is 57.6 Å².